The van der Waals surface area contributed by atoms with Crippen molar-refractivity contribution in [3.8, 4) is 5.75 Å². The van der Waals surface area contributed by atoms with E-state index in [2.05, 4.69) is 0 Å². The highest BCUT2D eigenvalue weighted by Gasteiger charge is 2.40. The van der Waals surface area contributed by atoms with Gasteiger partial charge in [0.1, 0.15) is 5.75 Å². The highest BCUT2D eigenvalue weighted by molar-refractivity contribution is 7.86. The molecule has 0 bridgehead atoms. The van der Waals surface area contributed by atoms with E-state index >= 15 is 0 Å². The second-order valence-corrected chi connectivity index (χ2v) is 10.4. The lowest BCUT2D eigenvalue weighted by molar-refractivity contribution is 0.105. The van der Waals surface area contributed by atoms with Gasteiger partial charge in [-0.25, -0.2) is 0 Å². The Hall–Kier alpha value is -3.42. The van der Waals surface area contributed by atoms with Crippen LogP contribution in [0.25, 0.3) is 11.6 Å². The lowest BCUT2D eigenvalue weighted by Crippen LogP contribution is -2.40. The summed E-state index contributed by atoms with van der Waals surface area (Å²) < 4.78 is 34.4. The van der Waals surface area contributed by atoms with Gasteiger partial charge in [-0.05, 0) is 50.1 Å². The number of carbonyl (C=O) groups is 1. The third-order valence-corrected chi connectivity index (χ3v) is 8.31. The fourth-order valence-corrected chi connectivity index (χ4v) is 6.72. The number of ketones is 1. The summed E-state index contributed by atoms with van der Waals surface area (Å²) in [6, 6.07) is 16.0. The molecule has 0 heterocycles. The highest BCUT2D eigenvalue weighted by atomic mass is 32.2. The van der Waals surface area contributed by atoms with E-state index in [-0.39, 0.29) is 17.2 Å². The number of rotatable bonds is 2. The van der Waals surface area contributed by atoms with Crippen molar-refractivity contribution in [2.75, 3.05) is 5.73 Å². The van der Waals surface area contributed by atoms with E-state index in [4.69, 9.17) is 5.73 Å². The zero-order valence-electron chi connectivity index (χ0n) is 18.1. The number of phenolic OH excluding ortho intramolecular Hbond substituents is 1. The van der Waals surface area contributed by atoms with Crippen molar-refractivity contribution in [1.29, 1.82) is 0 Å². The molecule has 0 radical (unpaired) electrons. The molecule has 0 spiro atoms. The highest BCUT2D eigenvalue weighted by Crippen LogP contribution is 2.36. The van der Waals surface area contributed by atoms with E-state index in [9.17, 15) is 22.9 Å². The quantitative estimate of drug-likeness (QED) is 0.307. The van der Waals surface area contributed by atoms with Gasteiger partial charge in [0.05, 0.1) is 10.9 Å². The number of fused-ring (bicyclic) bond motifs is 4. The van der Waals surface area contributed by atoms with Gasteiger partial charge in [-0.2, -0.15) is 8.42 Å². The number of phenols is 1. The molecule has 3 unspecified atom stereocenters. The minimum Gasteiger partial charge on any atom is -0.506 e. The van der Waals surface area contributed by atoms with Gasteiger partial charge in [0.2, 0.25) is 0 Å². The van der Waals surface area contributed by atoms with Crippen LogP contribution in [0.4, 0.5) is 5.69 Å². The molecule has 7 heteroatoms. The molecule has 0 saturated heterocycles. The Morgan fingerprint density at radius 3 is 2.30 bits per heavy atom. The second kappa shape index (κ2) is 7.30. The molecule has 2 aliphatic carbocycles. The largest absolute Gasteiger partial charge is 0.506 e. The van der Waals surface area contributed by atoms with Crippen molar-refractivity contribution in [3.63, 3.8) is 0 Å². The summed E-state index contributed by atoms with van der Waals surface area (Å²) in [5, 5.41) is 12.0. The number of nitrogens with two attached hydrogens (primary N) is 1. The Labute approximate surface area is 190 Å². The molecule has 0 amide bonds. The minimum atomic E-state index is -4.34. The fraction of sp³-hybridized carbons (Fsp3) is 0.192. The molecule has 0 aliphatic heterocycles. The van der Waals surface area contributed by atoms with Crippen LogP contribution >= 0.6 is 0 Å². The second-order valence-electron chi connectivity index (χ2n) is 8.81. The van der Waals surface area contributed by atoms with Crippen LogP contribution in [0, 0.1) is 16.4 Å². The summed E-state index contributed by atoms with van der Waals surface area (Å²) in [7, 11) is -4.34. The van der Waals surface area contributed by atoms with E-state index in [1.165, 1.54) is 6.07 Å². The number of nitrogen functional groups attached to an aromatic ring is 1. The van der Waals surface area contributed by atoms with E-state index in [1.54, 1.807) is 32.1 Å². The average Bonchev–Trinajstić information content (AvgIpc) is 2.74. The molecule has 0 aromatic heterocycles. The molecule has 2 aliphatic rings. The van der Waals surface area contributed by atoms with Gasteiger partial charge in [0.15, 0.2) is 5.78 Å². The van der Waals surface area contributed by atoms with Crippen LogP contribution in [-0.4, -0.2) is 29.1 Å². The Kier molecular flexibility index (Phi) is 4.74. The monoisotopic (exact) mass is 461 g/mol. The molecule has 4 N–H and O–H groups in total. The average molecular weight is 462 g/mol. The van der Waals surface area contributed by atoms with E-state index in [0.29, 0.717) is 22.3 Å². The van der Waals surface area contributed by atoms with Gasteiger partial charge in [0.25, 0.3) is 10.1 Å². The summed E-state index contributed by atoms with van der Waals surface area (Å²) in [5.41, 5.74) is 8.16. The third-order valence-electron chi connectivity index (χ3n) is 6.79. The van der Waals surface area contributed by atoms with Crippen LogP contribution in [0.1, 0.15) is 41.3 Å². The molecule has 3 atom stereocenters. The number of carbonyl (C=O) groups excluding carboxylic acids is 1. The topological polar surface area (TPSA) is 118 Å². The standard InChI is InChI=1S/C26H23NO5S/c1-13-11-15-7-9-19-17-5-3-4-6-18(17)23(16-8-10-21(28)20(27)12-16)25(29)24(19)22(15)14(2)26(13)33(30,31)32/h3-14,26,28H,27H2,1-2H3,(H,30,31,32). The first kappa shape index (κ1) is 21.4. The summed E-state index contributed by atoms with van der Waals surface area (Å²) in [6.07, 6.45) is 1.81. The molecular formula is C26H23NO5S. The number of benzene rings is 3. The van der Waals surface area contributed by atoms with Gasteiger partial charge in [0, 0.05) is 17.1 Å². The van der Waals surface area contributed by atoms with Crippen molar-refractivity contribution in [1.82, 2.24) is 0 Å². The first-order chi connectivity index (χ1) is 15.6. The van der Waals surface area contributed by atoms with E-state index in [0.717, 1.165) is 20.9 Å². The normalized spacial score (nSPS) is 21.6. The molecule has 3 aromatic carbocycles. The van der Waals surface area contributed by atoms with Gasteiger partial charge < -0.3 is 10.8 Å². The van der Waals surface area contributed by atoms with Crippen molar-refractivity contribution in [3.05, 3.63) is 92.2 Å². The Balaban J connectivity index is 1.93. The van der Waals surface area contributed by atoms with Crippen molar-refractivity contribution < 1.29 is 22.9 Å². The van der Waals surface area contributed by atoms with E-state index < -0.39 is 27.2 Å². The first-order valence-electron chi connectivity index (χ1n) is 10.7. The van der Waals surface area contributed by atoms with Gasteiger partial charge in [-0.15, -0.1) is 0 Å². The maximum absolute atomic E-state index is 14.1. The molecule has 5 rings (SSSR count). The summed E-state index contributed by atoms with van der Waals surface area (Å²) >= 11 is 0. The summed E-state index contributed by atoms with van der Waals surface area (Å²) in [5.74, 6) is -1.31. The van der Waals surface area contributed by atoms with Gasteiger partial charge in [-0.1, -0.05) is 62.4 Å². The van der Waals surface area contributed by atoms with Gasteiger partial charge >= 0.3 is 0 Å². The summed E-state index contributed by atoms with van der Waals surface area (Å²) in [4.78, 5) is 14.1. The molecule has 3 aromatic rings. The van der Waals surface area contributed by atoms with E-state index in [1.807, 2.05) is 36.4 Å². The molecule has 6 nitrogen and oxygen atoms in total. The smallest absolute Gasteiger partial charge is 0.268 e. The zero-order valence-corrected chi connectivity index (χ0v) is 18.9. The van der Waals surface area contributed by atoms with Crippen molar-refractivity contribution in [2.45, 2.75) is 25.0 Å². The van der Waals surface area contributed by atoms with Crippen LogP contribution in [0.15, 0.2) is 54.6 Å². The molecule has 0 fully saturated rings. The maximum atomic E-state index is 14.1. The Morgan fingerprint density at radius 1 is 0.939 bits per heavy atom. The zero-order chi connectivity index (χ0) is 23.7. The molecule has 168 valence electrons. The van der Waals surface area contributed by atoms with Crippen LogP contribution in [-0.2, 0) is 10.1 Å². The predicted octanol–water partition coefficient (Wildman–Crippen LogP) is 2.45. The van der Waals surface area contributed by atoms with Crippen molar-refractivity contribution >= 4 is 33.2 Å². The number of hydrogen-bond acceptors (Lipinski definition) is 5. The number of anilines is 1. The third kappa shape index (κ3) is 3.19. The predicted molar refractivity (Wildman–Crippen MR) is 127 cm³/mol. The summed E-state index contributed by atoms with van der Waals surface area (Å²) in [6.45, 7) is 3.50. The fourth-order valence-electron chi connectivity index (χ4n) is 5.45. The number of Topliss-reactive ketones (excluding diaryl/α,β-unsaturated/α-hetero) is 1. The van der Waals surface area contributed by atoms with Crippen LogP contribution in [0.3, 0.4) is 0 Å². The first-order valence-corrected chi connectivity index (χ1v) is 12.2. The number of hydrogen-bond donors (Lipinski definition) is 3. The SMILES string of the molecule is CC1C=c2ccc3c(c2C(C)C1S(=O)(=O)O)C(=O)C(c1ccc(O)c(N)c1)=c1ccccc1=3. The molecular weight excluding hydrogens is 438 g/mol. The van der Waals surface area contributed by atoms with Crippen LogP contribution in [0.5, 0.6) is 5.75 Å². The van der Waals surface area contributed by atoms with Gasteiger partial charge in [-0.3, -0.25) is 9.35 Å². The van der Waals surface area contributed by atoms with Crippen molar-refractivity contribution in [2.24, 2.45) is 5.92 Å². The Morgan fingerprint density at radius 2 is 1.64 bits per heavy atom. The lowest BCUT2D eigenvalue weighted by Gasteiger charge is -2.32. The maximum Gasteiger partial charge on any atom is 0.268 e. The minimum absolute atomic E-state index is 0.0677. The number of aromatic hydroxyl groups is 1. The molecule has 33 heavy (non-hydrogen) atoms. The Bertz CT molecular complexity index is 1670. The lowest BCUT2D eigenvalue weighted by atomic mass is 9.77. The van der Waals surface area contributed by atoms with Crippen LogP contribution in [0.2, 0.25) is 0 Å². The molecule has 0 saturated carbocycles. The van der Waals surface area contributed by atoms with Crippen LogP contribution < -0.4 is 16.2 Å².